The van der Waals surface area contributed by atoms with Gasteiger partial charge in [-0.25, -0.2) is 9.78 Å². The first-order valence-electron chi connectivity index (χ1n) is 12.6. The Morgan fingerprint density at radius 1 is 1.07 bits per heavy atom. The molecule has 0 spiro atoms. The fourth-order valence-corrected chi connectivity index (χ4v) is 4.77. The number of fused-ring (bicyclic) bond motifs is 1. The van der Waals surface area contributed by atoms with Crippen molar-refractivity contribution in [2.75, 3.05) is 0 Å². The van der Waals surface area contributed by atoms with Gasteiger partial charge in [-0.2, -0.15) is 22.9 Å². The molecule has 0 aliphatic carbocycles. The van der Waals surface area contributed by atoms with Crippen molar-refractivity contribution in [2.45, 2.75) is 12.8 Å². The monoisotopic (exact) mass is 666 g/mol. The van der Waals surface area contributed by atoms with E-state index in [1.165, 1.54) is 54.6 Å². The minimum atomic E-state index is -4.66. The Balaban J connectivity index is 1.65. The molecule has 1 aromatic heterocycles. The highest BCUT2D eigenvalue weighted by molar-refractivity contribution is 9.10. The van der Waals surface area contributed by atoms with Gasteiger partial charge in [-0.1, -0.05) is 52.3 Å². The fourth-order valence-electron chi connectivity index (χ4n) is 4.31. The number of nitro benzene ring substituents is 1. The van der Waals surface area contributed by atoms with Crippen LogP contribution in [0.25, 0.3) is 22.3 Å². The molecule has 0 unspecified atom stereocenters. The van der Waals surface area contributed by atoms with E-state index in [9.17, 15) is 38.0 Å². The number of carbonyl (C=O) groups is 1. The summed E-state index contributed by atoms with van der Waals surface area (Å²) in [7, 11) is 0. The first kappa shape index (κ1) is 30.1. The molecule has 0 saturated heterocycles. The van der Waals surface area contributed by atoms with Crippen molar-refractivity contribution in [2.24, 2.45) is 5.10 Å². The molecule has 222 valence electrons. The molecule has 0 radical (unpaired) electrons. The van der Waals surface area contributed by atoms with Gasteiger partial charge in [0.2, 0.25) is 5.75 Å². The highest BCUT2D eigenvalue weighted by atomic mass is 79.9. The Bertz CT molecular complexity index is 2030. The number of halogens is 4. The van der Waals surface area contributed by atoms with E-state index < -0.39 is 33.9 Å². The molecule has 4 aromatic carbocycles. The molecular weight excluding hydrogens is 649 g/mol. The van der Waals surface area contributed by atoms with Crippen LogP contribution in [0.1, 0.15) is 27.0 Å². The topological polar surface area (TPSA) is 137 Å². The van der Waals surface area contributed by atoms with E-state index in [0.29, 0.717) is 5.56 Å². The second-order valence-electron chi connectivity index (χ2n) is 9.29. The Morgan fingerprint density at radius 3 is 2.55 bits per heavy atom. The second kappa shape index (κ2) is 12.1. The van der Waals surface area contributed by atoms with Crippen LogP contribution in [0.5, 0.6) is 5.75 Å². The van der Waals surface area contributed by atoms with Gasteiger partial charge in [-0.3, -0.25) is 14.9 Å². The SMILES string of the molecule is O=C(O)c1cccc(COc2c(C=Nn3c(-c4cccc(C(F)(F)F)c4)nc4ccccc4c3=O)cc(Br)cc2[N+](=O)[O-])c1. The number of nitro groups is 1. The molecule has 14 heteroatoms. The van der Waals surface area contributed by atoms with Gasteiger partial charge in [-0.05, 0) is 48.0 Å². The summed E-state index contributed by atoms with van der Waals surface area (Å²) in [5.74, 6) is -1.61. The molecule has 0 bridgehead atoms. The zero-order valence-electron chi connectivity index (χ0n) is 22.2. The molecule has 0 aliphatic heterocycles. The van der Waals surface area contributed by atoms with Crippen LogP contribution in [0.3, 0.4) is 0 Å². The minimum absolute atomic E-state index is 0.0107. The average molecular weight is 667 g/mol. The lowest BCUT2D eigenvalue weighted by atomic mass is 10.1. The van der Waals surface area contributed by atoms with E-state index in [-0.39, 0.29) is 50.2 Å². The zero-order chi connectivity index (χ0) is 31.6. The number of aromatic carboxylic acids is 1. The standard InChI is InChI=1S/C30H18BrF3N4O6/c31-22-13-20(26(25(14-22)38(42)43)44-16-17-5-3-7-19(11-17)29(40)41)15-35-37-27(18-6-4-8-21(12-18)30(32,33)34)36-24-10-2-1-9-23(24)28(37)39/h1-15H,16H2,(H,40,41). The van der Waals surface area contributed by atoms with Gasteiger partial charge in [0.15, 0.2) is 5.82 Å². The summed E-state index contributed by atoms with van der Waals surface area (Å²) in [6.07, 6.45) is -3.57. The van der Waals surface area contributed by atoms with Crippen molar-refractivity contribution >= 4 is 44.7 Å². The number of carboxylic acids is 1. The summed E-state index contributed by atoms with van der Waals surface area (Å²) >= 11 is 3.21. The van der Waals surface area contributed by atoms with Crippen molar-refractivity contribution < 1.29 is 32.7 Å². The molecule has 1 N–H and O–H groups in total. The number of alkyl halides is 3. The summed E-state index contributed by atoms with van der Waals surface area (Å²) in [5, 5.41) is 25.6. The summed E-state index contributed by atoms with van der Waals surface area (Å²) in [6.45, 7) is -0.253. The third-order valence-electron chi connectivity index (χ3n) is 6.33. The largest absolute Gasteiger partial charge is 0.481 e. The summed E-state index contributed by atoms with van der Waals surface area (Å²) in [5.41, 5.74) is -1.50. The van der Waals surface area contributed by atoms with Crippen LogP contribution in [-0.2, 0) is 12.8 Å². The molecule has 0 amide bonds. The molecular formula is C30H18BrF3N4O6. The lowest BCUT2D eigenvalue weighted by Crippen LogP contribution is -2.20. The van der Waals surface area contributed by atoms with Crippen LogP contribution in [0.2, 0.25) is 0 Å². The van der Waals surface area contributed by atoms with Gasteiger partial charge in [0.05, 0.1) is 33.2 Å². The molecule has 1 heterocycles. The van der Waals surface area contributed by atoms with Crippen LogP contribution in [0.4, 0.5) is 18.9 Å². The normalized spacial score (nSPS) is 11.6. The van der Waals surface area contributed by atoms with Crippen molar-refractivity contribution in [3.05, 3.63) is 132 Å². The van der Waals surface area contributed by atoms with Crippen LogP contribution < -0.4 is 10.3 Å². The Kier molecular flexibility index (Phi) is 8.27. The minimum Gasteiger partial charge on any atom is -0.481 e. The third kappa shape index (κ3) is 6.34. The summed E-state index contributed by atoms with van der Waals surface area (Å²) in [4.78, 5) is 40.5. The third-order valence-corrected chi connectivity index (χ3v) is 6.79. The lowest BCUT2D eigenvalue weighted by molar-refractivity contribution is -0.386. The number of rotatable bonds is 8. The van der Waals surface area contributed by atoms with Gasteiger partial charge >= 0.3 is 17.8 Å². The van der Waals surface area contributed by atoms with Crippen LogP contribution >= 0.6 is 15.9 Å². The maximum absolute atomic E-state index is 13.5. The maximum Gasteiger partial charge on any atom is 0.416 e. The van der Waals surface area contributed by atoms with E-state index in [1.54, 1.807) is 18.2 Å². The van der Waals surface area contributed by atoms with Crippen molar-refractivity contribution in [1.29, 1.82) is 0 Å². The van der Waals surface area contributed by atoms with Gasteiger partial charge < -0.3 is 9.84 Å². The van der Waals surface area contributed by atoms with Crippen LogP contribution in [0, 0.1) is 10.1 Å². The molecule has 0 aliphatic rings. The smallest absolute Gasteiger partial charge is 0.416 e. The number of ether oxygens (including phenoxy) is 1. The molecule has 5 rings (SSSR count). The number of carboxylic acid groups (broad SMARTS) is 1. The number of hydrogen-bond acceptors (Lipinski definition) is 7. The van der Waals surface area contributed by atoms with Gasteiger partial charge in [0, 0.05) is 21.7 Å². The van der Waals surface area contributed by atoms with E-state index in [4.69, 9.17) is 4.74 Å². The molecule has 10 nitrogen and oxygen atoms in total. The van der Waals surface area contributed by atoms with Crippen LogP contribution in [-0.4, -0.2) is 31.9 Å². The number of benzene rings is 4. The van der Waals surface area contributed by atoms with E-state index in [2.05, 4.69) is 26.0 Å². The summed E-state index contributed by atoms with van der Waals surface area (Å²) < 4.78 is 47.4. The van der Waals surface area contributed by atoms with Crippen molar-refractivity contribution in [3.8, 4) is 17.1 Å². The second-order valence-corrected chi connectivity index (χ2v) is 10.2. The predicted molar refractivity (Wildman–Crippen MR) is 158 cm³/mol. The van der Waals surface area contributed by atoms with Crippen molar-refractivity contribution in [3.63, 3.8) is 0 Å². The van der Waals surface area contributed by atoms with Crippen LogP contribution in [0.15, 0.2) is 99.3 Å². The number of nitrogens with zero attached hydrogens (tertiary/aromatic N) is 4. The molecule has 0 fully saturated rings. The quantitative estimate of drug-likeness (QED) is 0.108. The Hall–Kier alpha value is -5.37. The van der Waals surface area contributed by atoms with Gasteiger partial charge in [0.25, 0.3) is 5.56 Å². The first-order valence-corrected chi connectivity index (χ1v) is 13.4. The molecule has 0 atom stereocenters. The fraction of sp³-hybridized carbons (Fsp3) is 0.0667. The van der Waals surface area contributed by atoms with Gasteiger partial charge in [-0.15, -0.1) is 0 Å². The molecule has 5 aromatic rings. The van der Waals surface area contributed by atoms with Crippen molar-refractivity contribution in [1.82, 2.24) is 9.66 Å². The number of aromatic nitrogens is 2. The highest BCUT2D eigenvalue weighted by Gasteiger charge is 2.31. The van der Waals surface area contributed by atoms with E-state index >= 15 is 0 Å². The number of para-hydroxylation sites is 1. The van der Waals surface area contributed by atoms with E-state index in [0.717, 1.165) is 23.0 Å². The zero-order valence-corrected chi connectivity index (χ0v) is 23.7. The summed E-state index contributed by atoms with van der Waals surface area (Å²) in [6, 6.07) is 18.9. The highest BCUT2D eigenvalue weighted by Crippen LogP contribution is 2.35. The van der Waals surface area contributed by atoms with E-state index in [1.807, 2.05) is 0 Å². The lowest BCUT2D eigenvalue weighted by Gasteiger charge is -2.13. The first-order chi connectivity index (χ1) is 20.9. The molecule has 44 heavy (non-hydrogen) atoms. The average Bonchev–Trinajstić information content (AvgIpc) is 2.99. The Labute approximate surface area is 254 Å². The van der Waals surface area contributed by atoms with Gasteiger partial charge in [0.1, 0.15) is 6.61 Å². The maximum atomic E-state index is 13.5. The Morgan fingerprint density at radius 2 is 1.82 bits per heavy atom. The number of hydrogen-bond donors (Lipinski definition) is 1. The predicted octanol–water partition coefficient (Wildman–Crippen LogP) is 6.91. The molecule has 0 saturated carbocycles.